The molecule has 0 radical (unpaired) electrons. The molecule has 0 saturated heterocycles. The van der Waals surface area contributed by atoms with Crippen LogP contribution >= 0.6 is 12.2 Å². The van der Waals surface area contributed by atoms with Crippen molar-refractivity contribution in [2.75, 3.05) is 0 Å². The van der Waals surface area contributed by atoms with E-state index >= 15 is 0 Å². The minimum atomic E-state index is -0.0950. The first-order valence-electron chi connectivity index (χ1n) is 4.63. The Balaban J connectivity index is 3.19. The summed E-state index contributed by atoms with van der Waals surface area (Å²) in [6.45, 7) is 4.19. The molecular formula is C12H13NS. The average Bonchev–Trinajstić information content (AvgIpc) is 2.28. The summed E-state index contributed by atoms with van der Waals surface area (Å²) in [6.07, 6.45) is 0.950. The van der Waals surface area contributed by atoms with Gasteiger partial charge in [-0.05, 0) is 29.5 Å². The highest BCUT2D eigenvalue weighted by atomic mass is 32.1. The normalized spacial score (nSPS) is 14.1. The van der Waals surface area contributed by atoms with Crippen molar-refractivity contribution in [1.82, 2.24) is 0 Å². The molecule has 1 unspecified atom stereocenters. The number of hydrogen-bond acceptors (Lipinski definition) is 2. The van der Waals surface area contributed by atoms with E-state index in [1.807, 2.05) is 24.3 Å². The lowest BCUT2D eigenvalue weighted by Crippen LogP contribution is -2.21. The second-order valence-electron chi connectivity index (χ2n) is 3.58. The Morgan fingerprint density at radius 2 is 2.29 bits per heavy atom. The van der Waals surface area contributed by atoms with Crippen molar-refractivity contribution in [2.24, 2.45) is 0 Å². The van der Waals surface area contributed by atoms with Gasteiger partial charge in [-0.15, -0.1) is 0 Å². The van der Waals surface area contributed by atoms with Crippen molar-refractivity contribution in [1.29, 1.82) is 5.26 Å². The molecule has 0 aliphatic rings. The Morgan fingerprint density at radius 3 is 2.79 bits per heavy atom. The number of thiocarbonyl (C=S) groups is 1. The summed E-state index contributed by atoms with van der Waals surface area (Å²) in [5, 5.41) is 10.6. The summed E-state index contributed by atoms with van der Waals surface area (Å²) >= 11 is 5.04. The third-order valence-electron chi connectivity index (χ3n) is 2.65. The van der Waals surface area contributed by atoms with Crippen LogP contribution in [0.1, 0.15) is 31.4 Å². The lowest BCUT2D eigenvalue weighted by molar-refractivity contribution is 0.632. The van der Waals surface area contributed by atoms with Gasteiger partial charge < -0.3 is 0 Å². The van der Waals surface area contributed by atoms with Crippen LogP contribution in [0.4, 0.5) is 0 Å². The van der Waals surface area contributed by atoms with E-state index < -0.39 is 0 Å². The lowest BCUT2D eigenvalue weighted by atomic mass is 9.81. The highest BCUT2D eigenvalue weighted by Crippen LogP contribution is 2.26. The number of benzene rings is 1. The molecule has 0 aliphatic carbocycles. The number of rotatable bonds is 3. The summed E-state index contributed by atoms with van der Waals surface area (Å²) in [4.78, 5) is 0. The van der Waals surface area contributed by atoms with E-state index in [0.717, 1.165) is 12.0 Å². The first-order chi connectivity index (χ1) is 6.66. The average molecular weight is 203 g/mol. The molecule has 0 aromatic heterocycles. The van der Waals surface area contributed by atoms with Gasteiger partial charge in [0, 0.05) is 5.41 Å². The third kappa shape index (κ3) is 2.00. The first-order valence-corrected chi connectivity index (χ1v) is 5.10. The van der Waals surface area contributed by atoms with E-state index in [2.05, 4.69) is 19.9 Å². The van der Waals surface area contributed by atoms with Crippen LogP contribution in [0.3, 0.4) is 0 Å². The van der Waals surface area contributed by atoms with Gasteiger partial charge >= 0.3 is 0 Å². The maximum atomic E-state index is 8.79. The van der Waals surface area contributed by atoms with E-state index in [1.165, 1.54) is 0 Å². The maximum absolute atomic E-state index is 8.79. The predicted molar refractivity (Wildman–Crippen MR) is 62.5 cm³/mol. The molecule has 0 amide bonds. The SMILES string of the molecule is CCC(C)(C=S)c1cccc(C#N)c1. The van der Waals surface area contributed by atoms with Crippen molar-refractivity contribution < 1.29 is 0 Å². The zero-order chi connectivity index (χ0) is 10.6. The molecule has 14 heavy (non-hydrogen) atoms. The second-order valence-corrected chi connectivity index (χ2v) is 3.82. The zero-order valence-electron chi connectivity index (χ0n) is 8.45. The molecule has 72 valence electrons. The summed E-state index contributed by atoms with van der Waals surface area (Å²) < 4.78 is 0. The van der Waals surface area contributed by atoms with E-state index in [1.54, 1.807) is 5.37 Å². The highest BCUT2D eigenvalue weighted by molar-refractivity contribution is 7.79. The summed E-state index contributed by atoms with van der Waals surface area (Å²) in [5.74, 6) is 0. The molecule has 1 nitrogen and oxygen atoms in total. The summed E-state index contributed by atoms with van der Waals surface area (Å²) in [5.41, 5.74) is 1.72. The molecule has 1 aromatic carbocycles. The number of hydrogen-bond donors (Lipinski definition) is 0. The van der Waals surface area contributed by atoms with E-state index in [9.17, 15) is 0 Å². The van der Waals surface area contributed by atoms with Crippen molar-refractivity contribution in [3.63, 3.8) is 0 Å². The molecule has 0 aliphatic heterocycles. The van der Waals surface area contributed by atoms with Gasteiger partial charge in [0.25, 0.3) is 0 Å². The van der Waals surface area contributed by atoms with Crippen molar-refractivity contribution in [3.05, 3.63) is 35.4 Å². The Labute approximate surface area is 90.4 Å². The van der Waals surface area contributed by atoms with Crippen LogP contribution in [0, 0.1) is 11.3 Å². The monoisotopic (exact) mass is 203 g/mol. The fraction of sp³-hybridized carbons (Fsp3) is 0.333. The van der Waals surface area contributed by atoms with Gasteiger partial charge in [0.1, 0.15) is 0 Å². The molecule has 0 bridgehead atoms. The molecule has 2 heteroatoms. The van der Waals surface area contributed by atoms with Gasteiger partial charge in [0.15, 0.2) is 0 Å². The molecule has 0 fully saturated rings. The van der Waals surface area contributed by atoms with E-state index in [4.69, 9.17) is 17.5 Å². The molecule has 0 N–H and O–H groups in total. The quantitative estimate of drug-likeness (QED) is 0.704. The topological polar surface area (TPSA) is 23.8 Å². The van der Waals surface area contributed by atoms with Crippen molar-refractivity contribution >= 4 is 17.6 Å². The van der Waals surface area contributed by atoms with Crippen molar-refractivity contribution in [2.45, 2.75) is 25.7 Å². The summed E-state index contributed by atoms with van der Waals surface area (Å²) in [7, 11) is 0. The molecule has 0 saturated carbocycles. The second kappa shape index (κ2) is 4.34. The Hall–Kier alpha value is -1.20. The smallest absolute Gasteiger partial charge is 0.0991 e. The highest BCUT2D eigenvalue weighted by Gasteiger charge is 2.21. The van der Waals surface area contributed by atoms with Gasteiger partial charge in [-0.2, -0.15) is 5.26 Å². The Kier molecular flexibility index (Phi) is 3.38. The largest absolute Gasteiger partial charge is 0.192 e. The van der Waals surface area contributed by atoms with Gasteiger partial charge in [-0.1, -0.05) is 38.2 Å². The van der Waals surface area contributed by atoms with Crippen LogP contribution in [-0.2, 0) is 5.41 Å². The van der Waals surface area contributed by atoms with Gasteiger partial charge in [0.2, 0.25) is 0 Å². The van der Waals surface area contributed by atoms with Crippen LogP contribution < -0.4 is 0 Å². The predicted octanol–water partition coefficient (Wildman–Crippen LogP) is 3.23. The molecule has 1 aromatic rings. The molecule has 1 atom stereocenters. The minimum Gasteiger partial charge on any atom is -0.192 e. The van der Waals surface area contributed by atoms with Gasteiger partial charge in [0.05, 0.1) is 11.6 Å². The lowest BCUT2D eigenvalue weighted by Gasteiger charge is -2.23. The van der Waals surface area contributed by atoms with Crippen LogP contribution in [0.2, 0.25) is 0 Å². The number of nitriles is 1. The third-order valence-corrected chi connectivity index (χ3v) is 3.17. The molecule has 0 heterocycles. The van der Waals surface area contributed by atoms with Gasteiger partial charge in [-0.3, -0.25) is 0 Å². The van der Waals surface area contributed by atoms with Crippen LogP contribution in [0.5, 0.6) is 0 Å². The first kappa shape index (κ1) is 10.9. The summed E-state index contributed by atoms with van der Waals surface area (Å²) in [6, 6.07) is 9.78. The number of nitrogens with zero attached hydrogens (tertiary/aromatic N) is 1. The van der Waals surface area contributed by atoms with Crippen molar-refractivity contribution in [3.8, 4) is 6.07 Å². The maximum Gasteiger partial charge on any atom is 0.0991 e. The van der Waals surface area contributed by atoms with Crippen LogP contribution in [-0.4, -0.2) is 5.37 Å². The van der Waals surface area contributed by atoms with E-state index in [-0.39, 0.29) is 5.41 Å². The van der Waals surface area contributed by atoms with Crippen LogP contribution in [0.25, 0.3) is 0 Å². The standard InChI is InChI=1S/C12H13NS/c1-3-12(2,9-14)11-6-4-5-10(7-11)8-13/h4-7,9H,3H2,1-2H3. The van der Waals surface area contributed by atoms with Crippen LogP contribution in [0.15, 0.2) is 24.3 Å². The van der Waals surface area contributed by atoms with E-state index in [0.29, 0.717) is 5.56 Å². The Morgan fingerprint density at radius 1 is 1.57 bits per heavy atom. The van der Waals surface area contributed by atoms with Gasteiger partial charge in [-0.25, -0.2) is 0 Å². The fourth-order valence-electron chi connectivity index (χ4n) is 1.30. The molecule has 1 rings (SSSR count). The minimum absolute atomic E-state index is 0.0950. The zero-order valence-corrected chi connectivity index (χ0v) is 9.27. The molecular weight excluding hydrogens is 190 g/mol. The fourth-order valence-corrected chi connectivity index (χ4v) is 1.60. The molecule has 0 spiro atoms. The Bertz CT molecular complexity index is 378.